The SMILES string of the molecule is CC(C)(C)[C@H]1O[C@@H]1C(=O)c1ccccc1. The molecule has 0 aromatic heterocycles. The first-order valence-corrected chi connectivity index (χ1v) is 5.25. The second-order valence-corrected chi connectivity index (χ2v) is 5.07. The van der Waals surface area contributed by atoms with Crippen molar-refractivity contribution in [3.8, 4) is 0 Å². The number of benzene rings is 1. The molecule has 1 aromatic rings. The molecule has 1 saturated heterocycles. The lowest BCUT2D eigenvalue weighted by molar-refractivity contribution is 0.0953. The highest BCUT2D eigenvalue weighted by Crippen LogP contribution is 2.39. The Morgan fingerprint density at radius 3 is 2.27 bits per heavy atom. The first-order valence-electron chi connectivity index (χ1n) is 5.25. The van der Waals surface area contributed by atoms with E-state index in [4.69, 9.17) is 4.74 Å². The summed E-state index contributed by atoms with van der Waals surface area (Å²) >= 11 is 0. The summed E-state index contributed by atoms with van der Waals surface area (Å²) < 4.78 is 5.45. The fraction of sp³-hybridized carbons (Fsp3) is 0.462. The number of ketones is 1. The molecule has 1 aliphatic rings. The Morgan fingerprint density at radius 2 is 1.80 bits per heavy atom. The summed E-state index contributed by atoms with van der Waals surface area (Å²) in [4.78, 5) is 11.9. The van der Waals surface area contributed by atoms with Crippen LogP contribution < -0.4 is 0 Å². The summed E-state index contributed by atoms with van der Waals surface area (Å²) in [5, 5.41) is 0. The molecule has 0 N–H and O–H groups in total. The monoisotopic (exact) mass is 204 g/mol. The maximum absolute atomic E-state index is 11.9. The van der Waals surface area contributed by atoms with E-state index in [1.54, 1.807) is 0 Å². The van der Waals surface area contributed by atoms with Crippen LogP contribution in [0.3, 0.4) is 0 Å². The van der Waals surface area contributed by atoms with Crippen LogP contribution in [0, 0.1) is 5.41 Å². The quantitative estimate of drug-likeness (QED) is 0.547. The van der Waals surface area contributed by atoms with E-state index in [0.717, 1.165) is 5.56 Å². The number of epoxide rings is 1. The molecule has 2 heteroatoms. The van der Waals surface area contributed by atoms with Gasteiger partial charge in [0.05, 0.1) is 6.10 Å². The van der Waals surface area contributed by atoms with Gasteiger partial charge in [0.25, 0.3) is 0 Å². The third-order valence-electron chi connectivity index (χ3n) is 2.66. The Balaban J connectivity index is 2.07. The lowest BCUT2D eigenvalue weighted by Gasteiger charge is -2.13. The van der Waals surface area contributed by atoms with E-state index in [9.17, 15) is 4.79 Å². The Kier molecular flexibility index (Phi) is 2.39. The van der Waals surface area contributed by atoms with E-state index in [0.29, 0.717) is 0 Å². The van der Waals surface area contributed by atoms with Crippen LogP contribution in [-0.4, -0.2) is 18.0 Å². The van der Waals surface area contributed by atoms with Crippen molar-refractivity contribution in [3.05, 3.63) is 35.9 Å². The molecule has 0 saturated carbocycles. The van der Waals surface area contributed by atoms with E-state index >= 15 is 0 Å². The van der Waals surface area contributed by atoms with Gasteiger partial charge in [0, 0.05) is 5.56 Å². The molecule has 1 heterocycles. The summed E-state index contributed by atoms with van der Waals surface area (Å²) in [5.74, 6) is 0.107. The van der Waals surface area contributed by atoms with E-state index in [-0.39, 0.29) is 23.4 Å². The van der Waals surface area contributed by atoms with Crippen molar-refractivity contribution < 1.29 is 9.53 Å². The van der Waals surface area contributed by atoms with Crippen molar-refractivity contribution in [1.82, 2.24) is 0 Å². The number of carbonyl (C=O) groups excluding carboxylic acids is 1. The smallest absolute Gasteiger partial charge is 0.194 e. The molecule has 0 spiro atoms. The molecule has 2 nitrogen and oxygen atoms in total. The molecular formula is C13H16O2. The number of hydrogen-bond donors (Lipinski definition) is 0. The first kappa shape index (κ1) is 10.4. The van der Waals surface area contributed by atoms with Crippen LogP contribution in [0.15, 0.2) is 30.3 Å². The van der Waals surface area contributed by atoms with Crippen molar-refractivity contribution >= 4 is 5.78 Å². The summed E-state index contributed by atoms with van der Waals surface area (Å²) in [6.07, 6.45) is -0.155. The highest BCUT2D eigenvalue weighted by atomic mass is 16.6. The van der Waals surface area contributed by atoms with Gasteiger partial charge in [-0.3, -0.25) is 4.79 Å². The Bertz CT molecular complexity index is 362. The van der Waals surface area contributed by atoms with Crippen LogP contribution in [0.4, 0.5) is 0 Å². The molecule has 0 amide bonds. The molecule has 1 aromatic carbocycles. The Hall–Kier alpha value is -1.15. The predicted molar refractivity (Wildman–Crippen MR) is 58.9 cm³/mol. The van der Waals surface area contributed by atoms with Crippen LogP contribution in [0.1, 0.15) is 31.1 Å². The Labute approximate surface area is 90.3 Å². The van der Waals surface area contributed by atoms with E-state index in [1.807, 2.05) is 30.3 Å². The molecule has 0 unspecified atom stereocenters. The maximum Gasteiger partial charge on any atom is 0.194 e. The highest BCUT2D eigenvalue weighted by molar-refractivity contribution is 6.01. The third-order valence-corrected chi connectivity index (χ3v) is 2.66. The van der Waals surface area contributed by atoms with Gasteiger partial charge in [-0.2, -0.15) is 0 Å². The zero-order valence-electron chi connectivity index (χ0n) is 9.36. The van der Waals surface area contributed by atoms with Gasteiger partial charge < -0.3 is 4.74 Å². The van der Waals surface area contributed by atoms with Crippen LogP contribution in [-0.2, 0) is 4.74 Å². The molecule has 2 rings (SSSR count). The van der Waals surface area contributed by atoms with Gasteiger partial charge in [0.2, 0.25) is 0 Å². The third kappa shape index (κ3) is 2.10. The molecular weight excluding hydrogens is 188 g/mol. The highest BCUT2D eigenvalue weighted by Gasteiger charge is 2.51. The van der Waals surface area contributed by atoms with Crippen LogP contribution >= 0.6 is 0 Å². The van der Waals surface area contributed by atoms with Gasteiger partial charge in [-0.15, -0.1) is 0 Å². The normalized spacial score (nSPS) is 25.0. The lowest BCUT2D eigenvalue weighted by Crippen LogP contribution is -2.20. The second-order valence-electron chi connectivity index (χ2n) is 5.07. The molecule has 0 radical (unpaired) electrons. The number of ether oxygens (including phenoxy) is 1. The van der Waals surface area contributed by atoms with Gasteiger partial charge >= 0.3 is 0 Å². The predicted octanol–water partition coefficient (Wildman–Crippen LogP) is 2.68. The van der Waals surface area contributed by atoms with E-state index < -0.39 is 0 Å². The zero-order valence-corrected chi connectivity index (χ0v) is 9.36. The molecule has 15 heavy (non-hydrogen) atoms. The zero-order chi connectivity index (χ0) is 11.1. The van der Waals surface area contributed by atoms with Crippen molar-refractivity contribution in [3.63, 3.8) is 0 Å². The fourth-order valence-corrected chi connectivity index (χ4v) is 1.74. The minimum absolute atomic E-state index is 0.0507. The van der Waals surface area contributed by atoms with Gasteiger partial charge in [0.1, 0.15) is 6.10 Å². The van der Waals surface area contributed by atoms with Gasteiger partial charge in [-0.1, -0.05) is 51.1 Å². The average Bonchev–Trinajstić information content (AvgIpc) is 2.97. The lowest BCUT2D eigenvalue weighted by atomic mass is 9.88. The largest absolute Gasteiger partial charge is 0.360 e. The number of carbonyl (C=O) groups is 1. The van der Waals surface area contributed by atoms with Gasteiger partial charge in [0.15, 0.2) is 5.78 Å². The van der Waals surface area contributed by atoms with E-state index in [1.165, 1.54) is 0 Å². The molecule has 1 aliphatic heterocycles. The van der Waals surface area contributed by atoms with Crippen LogP contribution in [0.2, 0.25) is 0 Å². The van der Waals surface area contributed by atoms with Crippen LogP contribution in [0.25, 0.3) is 0 Å². The summed E-state index contributed by atoms with van der Waals surface area (Å²) in [5.41, 5.74) is 0.795. The number of hydrogen-bond acceptors (Lipinski definition) is 2. The minimum atomic E-state index is -0.229. The van der Waals surface area contributed by atoms with Crippen molar-refractivity contribution in [2.24, 2.45) is 5.41 Å². The maximum atomic E-state index is 11.9. The van der Waals surface area contributed by atoms with Crippen LogP contribution in [0.5, 0.6) is 0 Å². The van der Waals surface area contributed by atoms with Crippen molar-refractivity contribution in [1.29, 1.82) is 0 Å². The molecule has 1 fully saturated rings. The molecule has 0 bridgehead atoms. The van der Waals surface area contributed by atoms with Gasteiger partial charge in [-0.25, -0.2) is 0 Å². The first-order chi connectivity index (χ1) is 7.00. The second kappa shape index (κ2) is 3.46. The molecule has 80 valence electrons. The molecule has 2 atom stereocenters. The topological polar surface area (TPSA) is 29.6 Å². The van der Waals surface area contributed by atoms with Crippen molar-refractivity contribution in [2.75, 3.05) is 0 Å². The summed E-state index contributed by atoms with van der Waals surface area (Å²) in [6, 6.07) is 9.34. The average molecular weight is 204 g/mol. The van der Waals surface area contributed by atoms with E-state index in [2.05, 4.69) is 20.8 Å². The number of rotatable bonds is 2. The summed E-state index contributed by atoms with van der Waals surface area (Å²) in [6.45, 7) is 6.28. The minimum Gasteiger partial charge on any atom is -0.360 e. The molecule has 0 aliphatic carbocycles. The fourth-order valence-electron chi connectivity index (χ4n) is 1.74. The van der Waals surface area contributed by atoms with Gasteiger partial charge in [-0.05, 0) is 5.41 Å². The number of Topliss-reactive ketones (excluding diaryl/α,β-unsaturated/α-hetero) is 1. The summed E-state index contributed by atoms with van der Waals surface area (Å²) in [7, 11) is 0. The Morgan fingerprint density at radius 1 is 1.20 bits per heavy atom. The van der Waals surface area contributed by atoms with Crippen molar-refractivity contribution in [2.45, 2.75) is 33.0 Å². The standard InChI is InChI=1S/C13H16O2/c1-13(2,3)12-11(15-12)10(14)9-7-5-4-6-8-9/h4-8,11-12H,1-3H3/t11-,12+/m1/s1.